The predicted octanol–water partition coefficient (Wildman–Crippen LogP) is 1.39. The molecule has 1 aliphatic rings. The van der Waals surface area contributed by atoms with Crippen molar-refractivity contribution in [3.8, 4) is 0 Å². The summed E-state index contributed by atoms with van der Waals surface area (Å²) in [4.78, 5) is 12.4. The Labute approximate surface area is 178 Å². The quantitative estimate of drug-likeness (QED) is 0.505. The summed E-state index contributed by atoms with van der Waals surface area (Å²) in [6, 6.07) is 17.5. The fourth-order valence-corrected chi connectivity index (χ4v) is 4.23. The molecule has 1 fully saturated rings. The minimum atomic E-state index is -2.62. The molecule has 0 heterocycles. The van der Waals surface area contributed by atoms with Gasteiger partial charge >= 0.3 is 0 Å². The summed E-state index contributed by atoms with van der Waals surface area (Å²) in [5, 5.41) is 43.5. The van der Waals surface area contributed by atoms with E-state index in [0.717, 1.165) is 5.56 Å². The molecule has 29 heavy (non-hydrogen) atoms. The van der Waals surface area contributed by atoms with Crippen LogP contribution >= 0.6 is 23.2 Å². The SMILES string of the molecule is O=C1C(O)C(O)C(O)(Cc2ccccc2)C(O)(COCc2ccccc2)C1(Cl)Cl. The summed E-state index contributed by atoms with van der Waals surface area (Å²) < 4.78 is 2.92. The van der Waals surface area contributed by atoms with Crippen LogP contribution in [0.1, 0.15) is 11.1 Å². The highest BCUT2D eigenvalue weighted by Gasteiger charge is 2.73. The number of Topliss-reactive ketones (excluding diaryl/α,β-unsaturated/α-hetero) is 1. The van der Waals surface area contributed by atoms with Gasteiger partial charge in [-0.1, -0.05) is 83.9 Å². The molecule has 0 bridgehead atoms. The Morgan fingerprint density at radius 3 is 1.97 bits per heavy atom. The number of ketones is 1. The van der Waals surface area contributed by atoms with Crippen LogP contribution in [-0.2, 0) is 22.6 Å². The number of carbonyl (C=O) groups excluding carboxylic acids is 1. The van der Waals surface area contributed by atoms with E-state index in [9.17, 15) is 25.2 Å². The molecule has 4 unspecified atom stereocenters. The molecule has 0 spiro atoms. The molecule has 0 aromatic heterocycles. The summed E-state index contributed by atoms with van der Waals surface area (Å²) in [5.41, 5.74) is -3.77. The predicted molar refractivity (Wildman–Crippen MR) is 108 cm³/mol. The fraction of sp³-hybridized carbons (Fsp3) is 0.381. The number of carbonyl (C=O) groups is 1. The standard InChI is InChI=1S/C21H22Cl2O6/c22-21(23)18(26)16(24)17(25)19(27,11-14-7-3-1-4-8-14)20(21,28)13-29-12-15-9-5-2-6-10-15/h1-10,16-17,24-25,27-28H,11-13H2. The van der Waals surface area contributed by atoms with Gasteiger partial charge < -0.3 is 25.2 Å². The van der Waals surface area contributed by atoms with Gasteiger partial charge in [-0.15, -0.1) is 0 Å². The van der Waals surface area contributed by atoms with Crippen LogP contribution in [-0.4, -0.2) is 60.6 Å². The molecular formula is C21H22Cl2O6. The first-order valence-corrected chi connectivity index (χ1v) is 9.78. The van der Waals surface area contributed by atoms with Gasteiger partial charge in [-0.05, 0) is 11.1 Å². The zero-order chi connectivity index (χ0) is 21.3. The van der Waals surface area contributed by atoms with E-state index in [0.29, 0.717) is 5.56 Å². The first kappa shape index (κ1) is 22.2. The largest absolute Gasteiger partial charge is 0.387 e. The van der Waals surface area contributed by atoms with Crippen LogP contribution < -0.4 is 0 Å². The Bertz CT molecular complexity index is 847. The summed E-state index contributed by atoms with van der Waals surface area (Å²) >= 11 is 12.4. The lowest BCUT2D eigenvalue weighted by atomic mass is 9.65. The Balaban J connectivity index is 1.95. The average Bonchev–Trinajstić information content (AvgIpc) is 2.72. The first-order valence-electron chi connectivity index (χ1n) is 9.02. The average molecular weight is 441 g/mol. The molecule has 6 nitrogen and oxygen atoms in total. The molecule has 0 radical (unpaired) electrons. The van der Waals surface area contributed by atoms with Crippen molar-refractivity contribution in [1.29, 1.82) is 0 Å². The zero-order valence-corrected chi connectivity index (χ0v) is 16.9. The van der Waals surface area contributed by atoms with Crippen LogP contribution in [0.15, 0.2) is 60.7 Å². The van der Waals surface area contributed by atoms with Gasteiger partial charge in [-0.2, -0.15) is 0 Å². The second kappa shape index (κ2) is 8.32. The van der Waals surface area contributed by atoms with Crippen LogP contribution in [0.3, 0.4) is 0 Å². The number of hydrogen-bond donors (Lipinski definition) is 4. The summed E-state index contributed by atoms with van der Waals surface area (Å²) in [5.74, 6) is -1.21. The Hall–Kier alpha value is -1.51. The van der Waals surface area contributed by atoms with Crippen molar-refractivity contribution in [2.75, 3.05) is 6.61 Å². The second-order valence-electron chi connectivity index (χ2n) is 7.25. The lowest BCUT2D eigenvalue weighted by Gasteiger charge is -2.55. The van der Waals surface area contributed by atoms with Crippen molar-refractivity contribution in [2.45, 2.75) is 40.8 Å². The molecule has 4 N–H and O–H groups in total. The summed E-state index contributed by atoms with van der Waals surface area (Å²) in [6.07, 6.45) is -4.44. The maximum Gasteiger partial charge on any atom is 0.212 e. The number of benzene rings is 2. The van der Waals surface area contributed by atoms with Crippen LogP contribution in [0.5, 0.6) is 0 Å². The molecule has 3 rings (SSSR count). The Morgan fingerprint density at radius 1 is 0.897 bits per heavy atom. The van der Waals surface area contributed by atoms with Gasteiger partial charge in [0.2, 0.25) is 10.1 Å². The van der Waals surface area contributed by atoms with E-state index in [1.54, 1.807) is 54.6 Å². The summed E-state index contributed by atoms with van der Waals surface area (Å²) in [6.45, 7) is -0.616. The normalized spacial score (nSPS) is 31.6. The van der Waals surface area contributed by atoms with Crippen LogP contribution in [0.25, 0.3) is 0 Å². The Kier molecular flexibility index (Phi) is 6.36. The number of hydrogen-bond acceptors (Lipinski definition) is 6. The minimum Gasteiger partial charge on any atom is -0.387 e. The van der Waals surface area contributed by atoms with Gasteiger partial charge in [0, 0.05) is 6.42 Å². The van der Waals surface area contributed by atoms with Crippen LogP contribution in [0.2, 0.25) is 0 Å². The van der Waals surface area contributed by atoms with Crippen molar-refractivity contribution in [3.05, 3.63) is 71.8 Å². The van der Waals surface area contributed by atoms with Crippen molar-refractivity contribution >= 4 is 29.0 Å². The van der Waals surface area contributed by atoms with Gasteiger partial charge in [0.05, 0.1) is 13.2 Å². The van der Waals surface area contributed by atoms with E-state index in [1.807, 2.05) is 6.07 Å². The van der Waals surface area contributed by atoms with Crippen molar-refractivity contribution < 1.29 is 30.0 Å². The Morgan fingerprint density at radius 2 is 1.41 bits per heavy atom. The third kappa shape index (κ3) is 3.82. The molecule has 156 valence electrons. The van der Waals surface area contributed by atoms with E-state index in [1.165, 1.54) is 0 Å². The number of ether oxygens (including phenoxy) is 1. The first-order chi connectivity index (χ1) is 13.6. The minimum absolute atomic E-state index is 0.0429. The highest BCUT2D eigenvalue weighted by Crippen LogP contribution is 2.50. The summed E-state index contributed by atoms with van der Waals surface area (Å²) in [7, 11) is 0. The second-order valence-corrected chi connectivity index (χ2v) is 8.58. The molecule has 2 aromatic carbocycles. The van der Waals surface area contributed by atoms with Gasteiger partial charge in [0.15, 0.2) is 5.60 Å². The molecule has 0 aliphatic heterocycles. The third-order valence-corrected chi connectivity index (χ3v) is 6.34. The molecule has 0 amide bonds. The molecular weight excluding hydrogens is 419 g/mol. The van der Waals surface area contributed by atoms with Gasteiger partial charge in [0.1, 0.15) is 17.8 Å². The third-order valence-electron chi connectivity index (χ3n) is 5.34. The maximum atomic E-state index is 12.4. The highest BCUT2D eigenvalue weighted by atomic mass is 35.5. The number of rotatable bonds is 6. The van der Waals surface area contributed by atoms with E-state index >= 15 is 0 Å². The smallest absolute Gasteiger partial charge is 0.212 e. The van der Waals surface area contributed by atoms with Crippen LogP contribution in [0.4, 0.5) is 0 Å². The van der Waals surface area contributed by atoms with Crippen molar-refractivity contribution in [2.24, 2.45) is 0 Å². The maximum absolute atomic E-state index is 12.4. The zero-order valence-electron chi connectivity index (χ0n) is 15.4. The molecule has 4 atom stereocenters. The van der Waals surface area contributed by atoms with Gasteiger partial charge in [0.25, 0.3) is 0 Å². The monoisotopic (exact) mass is 440 g/mol. The number of aliphatic hydroxyl groups is 4. The molecule has 1 saturated carbocycles. The van der Waals surface area contributed by atoms with E-state index in [2.05, 4.69) is 0 Å². The lowest BCUT2D eigenvalue weighted by molar-refractivity contribution is -0.258. The van der Waals surface area contributed by atoms with Crippen molar-refractivity contribution in [1.82, 2.24) is 0 Å². The number of alkyl halides is 2. The number of aliphatic hydroxyl groups excluding tert-OH is 2. The molecule has 8 heteroatoms. The molecule has 2 aromatic rings. The lowest BCUT2D eigenvalue weighted by Crippen LogP contribution is -2.80. The fourth-order valence-electron chi connectivity index (χ4n) is 3.57. The van der Waals surface area contributed by atoms with E-state index in [4.69, 9.17) is 27.9 Å². The molecule has 1 aliphatic carbocycles. The van der Waals surface area contributed by atoms with Crippen molar-refractivity contribution in [3.63, 3.8) is 0 Å². The van der Waals surface area contributed by atoms with E-state index < -0.39 is 40.1 Å². The van der Waals surface area contributed by atoms with Crippen LogP contribution in [0, 0.1) is 0 Å². The topological polar surface area (TPSA) is 107 Å². The van der Waals surface area contributed by atoms with Gasteiger partial charge in [-0.3, -0.25) is 4.79 Å². The molecule has 0 saturated heterocycles. The number of halogens is 2. The van der Waals surface area contributed by atoms with Gasteiger partial charge in [-0.25, -0.2) is 0 Å². The highest BCUT2D eigenvalue weighted by molar-refractivity contribution is 6.60. The van der Waals surface area contributed by atoms with E-state index in [-0.39, 0.29) is 13.0 Å².